The Kier molecular flexibility index (Phi) is 4.55. The molecule has 0 radical (unpaired) electrons. The molecule has 154 valence electrons. The van der Waals surface area contributed by atoms with E-state index < -0.39 is 6.04 Å². The first-order chi connectivity index (χ1) is 15.1. The van der Waals surface area contributed by atoms with Gasteiger partial charge in [-0.05, 0) is 48.4 Å². The molecule has 5 rings (SSSR count). The molecule has 1 amide bonds. The van der Waals surface area contributed by atoms with E-state index in [2.05, 4.69) is 4.98 Å². The summed E-state index contributed by atoms with van der Waals surface area (Å²) in [5, 5.41) is 0.475. The quantitative estimate of drug-likeness (QED) is 0.501. The zero-order valence-electron chi connectivity index (χ0n) is 17.2. The molecule has 2 aromatic carbocycles. The minimum atomic E-state index is -0.584. The molecule has 2 aromatic heterocycles. The number of benzene rings is 2. The monoisotopic (exact) mass is 412 g/mol. The van der Waals surface area contributed by atoms with E-state index in [-0.39, 0.29) is 17.1 Å². The highest BCUT2D eigenvalue weighted by molar-refractivity contribution is 5.99. The van der Waals surface area contributed by atoms with Crippen LogP contribution >= 0.6 is 0 Å². The number of ether oxygens (including phenoxy) is 1. The third-order valence-corrected chi connectivity index (χ3v) is 5.61. The molecule has 0 fully saturated rings. The van der Waals surface area contributed by atoms with Gasteiger partial charge in [-0.1, -0.05) is 29.8 Å². The number of aryl methyl sites for hydroxylation is 1. The van der Waals surface area contributed by atoms with Gasteiger partial charge in [0.2, 0.25) is 5.76 Å². The third-order valence-electron chi connectivity index (χ3n) is 5.61. The summed E-state index contributed by atoms with van der Waals surface area (Å²) in [5.74, 6) is 0.435. The van der Waals surface area contributed by atoms with E-state index in [0.29, 0.717) is 28.8 Å². The second-order valence-electron chi connectivity index (χ2n) is 7.65. The van der Waals surface area contributed by atoms with Gasteiger partial charge in [0, 0.05) is 18.9 Å². The Labute approximate surface area is 178 Å². The number of aromatic nitrogens is 1. The lowest BCUT2D eigenvalue weighted by molar-refractivity contribution is 0.0714. The van der Waals surface area contributed by atoms with Gasteiger partial charge in [0.05, 0.1) is 24.1 Å². The molecule has 0 aliphatic carbocycles. The second-order valence-corrected chi connectivity index (χ2v) is 7.65. The van der Waals surface area contributed by atoms with Crippen molar-refractivity contribution in [3.63, 3.8) is 0 Å². The van der Waals surface area contributed by atoms with Crippen LogP contribution in [0.15, 0.2) is 76.2 Å². The highest BCUT2D eigenvalue weighted by Crippen LogP contribution is 2.39. The Morgan fingerprint density at radius 1 is 1.10 bits per heavy atom. The number of pyridine rings is 1. The van der Waals surface area contributed by atoms with Gasteiger partial charge in [0.1, 0.15) is 11.3 Å². The molecule has 4 aromatic rings. The van der Waals surface area contributed by atoms with Crippen molar-refractivity contribution in [1.82, 2.24) is 9.88 Å². The number of hydrogen-bond acceptors (Lipinski definition) is 5. The fourth-order valence-electron chi connectivity index (χ4n) is 4.14. The summed E-state index contributed by atoms with van der Waals surface area (Å²) >= 11 is 0. The first-order valence-corrected chi connectivity index (χ1v) is 9.98. The van der Waals surface area contributed by atoms with Crippen molar-refractivity contribution >= 4 is 16.9 Å². The van der Waals surface area contributed by atoms with Gasteiger partial charge in [-0.2, -0.15) is 0 Å². The van der Waals surface area contributed by atoms with E-state index in [1.807, 2.05) is 49.4 Å². The predicted molar refractivity (Wildman–Crippen MR) is 116 cm³/mol. The lowest BCUT2D eigenvalue weighted by Gasteiger charge is -2.25. The summed E-state index contributed by atoms with van der Waals surface area (Å²) in [6.07, 6.45) is 3.40. The molecular formula is C25H20N2O4. The molecule has 0 spiro atoms. The number of carbonyl (C=O) groups excluding carboxylic acids is 1. The standard InChI is InChI=1S/C25H20N2O4/c1-15-8-9-20-19(11-15)23(28)21-22(17-6-3-7-18(12-17)30-2)27(25(29)24(21)31-20)14-16-5-4-10-26-13-16/h3-13,22H,14H2,1-2H3/t22-/m0/s1. The number of nitrogens with zero attached hydrogens (tertiary/aromatic N) is 2. The predicted octanol–water partition coefficient (Wildman–Crippen LogP) is 4.25. The maximum Gasteiger partial charge on any atom is 0.291 e. The minimum absolute atomic E-state index is 0.0954. The van der Waals surface area contributed by atoms with Gasteiger partial charge in [0.15, 0.2) is 5.43 Å². The summed E-state index contributed by atoms with van der Waals surface area (Å²) in [7, 11) is 1.59. The lowest BCUT2D eigenvalue weighted by atomic mass is 9.97. The Morgan fingerprint density at radius 3 is 2.74 bits per heavy atom. The zero-order chi connectivity index (χ0) is 21.5. The van der Waals surface area contributed by atoms with Crippen molar-refractivity contribution in [2.75, 3.05) is 7.11 Å². The molecule has 0 unspecified atom stereocenters. The number of methoxy groups -OCH3 is 1. The summed E-state index contributed by atoms with van der Waals surface area (Å²) in [6.45, 7) is 2.22. The minimum Gasteiger partial charge on any atom is -0.497 e. The highest BCUT2D eigenvalue weighted by Gasteiger charge is 2.42. The number of amides is 1. The molecule has 0 saturated carbocycles. The van der Waals surface area contributed by atoms with Crippen molar-refractivity contribution < 1.29 is 13.9 Å². The molecule has 0 bridgehead atoms. The van der Waals surface area contributed by atoms with Crippen LogP contribution in [0.4, 0.5) is 0 Å². The van der Waals surface area contributed by atoms with Crippen LogP contribution in [0, 0.1) is 6.92 Å². The van der Waals surface area contributed by atoms with Crippen LogP contribution < -0.4 is 10.2 Å². The van der Waals surface area contributed by atoms with E-state index in [0.717, 1.165) is 16.7 Å². The highest BCUT2D eigenvalue weighted by atomic mass is 16.5. The van der Waals surface area contributed by atoms with Crippen molar-refractivity contribution in [2.24, 2.45) is 0 Å². The van der Waals surface area contributed by atoms with Gasteiger partial charge < -0.3 is 14.1 Å². The fourth-order valence-corrected chi connectivity index (χ4v) is 4.14. The first kappa shape index (κ1) is 19.1. The van der Waals surface area contributed by atoms with Crippen molar-refractivity contribution in [3.05, 3.63) is 105 Å². The summed E-state index contributed by atoms with van der Waals surface area (Å²) in [4.78, 5) is 32.8. The van der Waals surface area contributed by atoms with Crippen LogP contribution in [0.3, 0.4) is 0 Å². The molecule has 31 heavy (non-hydrogen) atoms. The Balaban J connectivity index is 1.75. The summed E-state index contributed by atoms with van der Waals surface area (Å²) < 4.78 is 11.4. The number of carbonyl (C=O) groups is 1. The van der Waals surface area contributed by atoms with Gasteiger partial charge in [0.25, 0.3) is 5.91 Å². The van der Waals surface area contributed by atoms with E-state index in [4.69, 9.17) is 9.15 Å². The van der Waals surface area contributed by atoms with E-state index in [1.165, 1.54) is 0 Å². The topological polar surface area (TPSA) is 72.6 Å². The molecule has 1 atom stereocenters. The maximum absolute atomic E-state index is 13.6. The molecular weight excluding hydrogens is 392 g/mol. The van der Waals surface area contributed by atoms with Gasteiger partial charge in [-0.15, -0.1) is 0 Å². The van der Waals surface area contributed by atoms with E-state index in [9.17, 15) is 9.59 Å². The van der Waals surface area contributed by atoms with Crippen LogP contribution in [0.25, 0.3) is 11.0 Å². The number of hydrogen-bond donors (Lipinski definition) is 0. The van der Waals surface area contributed by atoms with Crippen LogP contribution in [0.2, 0.25) is 0 Å². The molecule has 3 heterocycles. The molecule has 6 heteroatoms. The number of fused-ring (bicyclic) bond motifs is 2. The third kappa shape index (κ3) is 3.17. The van der Waals surface area contributed by atoms with Crippen molar-refractivity contribution in [2.45, 2.75) is 19.5 Å². The molecule has 1 aliphatic heterocycles. The zero-order valence-corrected chi connectivity index (χ0v) is 17.2. The normalized spacial score (nSPS) is 15.4. The Bertz CT molecular complexity index is 1360. The molecule has 6 nitrogen and oxygen atoms in total. The fraction of sp³-hybridized carbons (Fsp3) is 0.160. The van der Waals surface area contributed by atoms with E-state index >= 15 is 0 Å². The average Bonchev–Trinajstić information content (AvgIpc) is 3.07. The first-order valence-electron chi connectivity index (χ1n) is 9.98. The van der Waals surface area contributed by atoms with Crippen molar-refractivity contribution in [3.8, 4) is 5.75 Å². The van der Waals surface area contributed by atoms with Gasteiger partial charge >= 0.3 is 0 Å². The van der Waals surface area contributed by atoms with Gasteiger partial charge in [-0.3, -0.25) is 14.6 Å². The molecule has 1 aliphatic rings. The van der Waals surface area contributed by atoms with E-state index in [1.54, 1.807) is 36.5 Å². The summed E-state index contributed by atoms with van der Waals surface area (Å²) in [6, 6.07) is 16.0. The Hall–Kier alpha value is -3.93. The van der Waals surface area contributed by atoms with Gasteiger partial charge in [-0.25, -0.2) is 0 Å². The summed E-state index contributed by atoms with van der Waals surface area (Å²) in [5.41, 5.74) is 3.19. The molecule has 0 N–H and O–H groups in total. The number of rotatable bonds is 4. The largest absolute Gasteiger partial charge is 0.497 e. The molecule has 0 saturated heterocycles. The van der Waals surface area contributed by atoms with Crippen LogP contribution in [0.1, 0.15) is 38.9 Å². The lowest BCUT2D eigenvalue weighted by Crippen LogP contribution is -2.29. The van der Waals surface area contributed by atoms with Crippen LogP contribution in [-0.4, -0.2) is 22.9 Å². The maximum atomic E-state index is 13.6. The van der Waals surface area contributed by atoms with Crippen molar-refractivity contribution in [1.29, 1.82) is 0 Å². The SMILES string of the molecule is COc1cccc([C@H]2c3c(oc4ccc(C)cc4c3=O)C(=O)N2Cc2cccnc2)c1. The smallest absolute Gasteiger partial charge is 0.291 e. The van der Waals surface area contributed by atoms with Crippen LogP contribution in [-0.2, 0) is 6.54 Å². The Morgan fingerprint density at radius 2 is 1.97 bits per heavy atom. The second kappa shape index (κ2) is 7.40. The van der Waals surface area contributed by atoms with Crippen LogP contribution in [0.5, 0.6) is 5.75 Å². The average molecular weight is 412 g/mol.